The van der Waals surface area contributed by atoms with Gasteiger partial charge in [-0.2, -0.15) is 0 Å². The van der Waals surface area contributed by atoms with Crippen LogP contribution < -0.4 is 5.73 Å². The van der Waals surface area contributed by atoms with Gasteiger partial charge in [0.1, 0.15) is 0 Å². The molecule has 20 heavy (non-hydrogen) atoms. The average molecular weight is 293 g/mol. The summed E-state index contributed by atoms with van der Waals surface area (Å²) in [6.07, 6.45) is 0.909. The molecule has 106 valence electrons. The molecule has 0 spiro atoms. The van der Waals surface area contributed by atoms with E-state index in [9.17, 15) is 9.59 Å². The number of hydrogen-bond donors (Lipinski definition) is 2. The van der Waals surface area contributed by atoms with Crippen LogP contribution in [-0.2, 0) is 16.1 Å². The third-order valence-corrected chi connectivity index (χ3v) is 3.71. The van der Waals surface area contributed by atoms with Crippen LogP contribution in [0.15, 0.2) is 29.4 Å². The molecule has 2 aromatic rings. The number of fused-ring (bicyclic) bond motifs is 1. The molecule has 2 rings (SSSR count). The summed E-state index contributed by atoms with van der Waals surface area (Å²) in [7, 11) is 0. The van der Waals surface area contributed by atoms with Crippen LogP contribution in [-0.4, -0.2) is 32.3 Å². The zero-order chi connectivity index (χ0) is 14.5. The predicted octanol–water partition coefficient (Wildman–Crippen LogP) is 1.48. The fraction of sp³-hybridized carbons (Fsp3) is 0.308. The molecule has 0 saturated heterocycles. The second-order valence-electron chi connectivity index (χ2n) is 4.29. The zero-order valence-corrected chi connectivity index (χ0v) is 11.6. The van der Waals surface area contributed by atoms with E-state index in [4.69, 9.17) is 10.8 Å². The SMILES string of the molecule is NC(=O)CCCn1c(SCC(=O)O)nc2ccccc21. The highest BCUT2D eigenvalue weighted by molar-refractivity contribution is 7.99. The average Bonchev–Trinajstić information content (AvgIpc) is 2.74. The maximum Gasteiger partial charge on any atom is 0.313 e. The van der Waals surface area contributed by atoms with Gasteiger partial charge in [-0.25, -0.2) is 4.98 Å². The lowest BCUT2D eigenvalue weighted by Gasteiger charge is -2.07. The highest BCUT2D eigenvalue weighted by Crippen LogP contribution is 2.24. The smallest absolute Gasteiger partial charge is 0.313 e. The second kappa shape index (κ2) is 6.42. The number of nitrogens with zero attached hydrogens (tertiary/aromatic N) is 2. The number of para-hydroxylation sites is 2. The molecule has 1 amide bonds. The number of aromatic nitrogens is 2. The lowest BCUT2D eigenvalue weighted by molar-refractivity contribution is -0.133. The Morgan fingerprint density at radius 3 is 2.80 bits per heavy atom. The molecule has 1 aromatic carbocycles. The first-order valence-electron chi connectivity index (χ1n) is 6.16. The Morgan fingerprint density at radius 2 is 2.10 bits per heavy atom. The summed E-state index contributed by atoms with van der Waals surface area (Å²) in [5.74, 6) is -1.26. The number of carboxylic acids is 1. The summed E-state index contributed by atoms with van der Waals surface area (Å²) in [5.41, 5.74) is 6.89. The molecule has 0 atom stereocenters. The minimum absolute atomic E-state index is 0.0425. The maximum absolute atomic E-state index is 10.8. The molecule has 0 aliphatic carbocycles. The van der Waals surface area contributed by atoms with Gasteiger partial charge in [-0.3, -0.25) is 9.59 Å². The van der Waals surface area contributed by atoms with Crippen molar-refractivity contribution >= 4 is 34.7 Å². The molecule has 0 unspecified atom stereocenters. The van der Waals surface area contributed by atoms with Crippen LogP contribution >= 0.6 is 11.8 Å². The number of imidazole rings is 1. The summed E-state index contributed by atoms with van der Waals surface area (Å²) in [4.78, 5) is 25.9. The van der Waals surface area contributed by atoms with Crippen LogP contribution in [0.4, 0.5) is 0 Å². The lowest BCUT2D eigenvalue weighted by Crippen LogP contribution is -2.12. The monoisotopic (exact) mass is 293 g/mol. The van der Waals surface area contributed by atoms with Crippen molar-refractivity contribution in [2.45, 2.75) is 24.5 Å². The molecule has 1 heterocycles. The van der Waals surface area contributed by atoms with Crippen LogP contribution in [0.3, 0.4) is 0 Å². The first-order valence-corrected chi connectivity index (χ1v) is 7.14. The molecular formula is C13H15N3O3S. The van der Waals surface area contributed by atoms with E-state index in [2.05, 4.69) is 4.98 Å². The Bertz CT molecular complexity index is 639. The minimum atomic E-state index is -0.884. The summed E-state index contributed by atoms with van der Waals surface area (Å²) in [6, 6.07) is 7.59. The first kappa shape index (κ1) is 14.4. The van der Waals surface area contributed by atoms with E-state index in [1.807, 2.05) is 28.8 Å². The van der Waals surface area contributed by atoms with Crippen LogP contribution in [0.25, 0.3) is 11.0 Å². The molecule has 1 aromatic heterocycles. The third-order valence-electron chi connectivity index (χ3n) is 2.75. The second-order valence-corrected chi connectivity index (χ2v) is 5.23. The summed E-state index contributed by atoms with van der Waals surface area (Å²) >= 11 is 1.18. The zero-order valence-electron chi connectivity index (χ0n) is 10.8. The molecule has 0 aliphatic heterocycles. The van der Waals surface area contributed by atoms with Gasteiger partial charge < -0.3 is 15.4 Å². The van der Waals surface area contributed by atoms with E-state index < -0.39 is 5.97 Å². The maximum atomic E-state index is 10.8. The van der Waals surface area contributed by atoms with Crippen LogP contribution in [0, 0.1) is 0 Å². The van der Waals surface area contributed by atoms with Crippen molar-refractivity contribution in [2.75, 3.05) is 5.75 Å². The molecule has 0 radical (unpaired) electrons. The highest BCUT2D eigenvalue weighted by atomic mass is 32.2. The van der Waals surface area contributed by atoms with Crippen molar-refractivity contribution in [3.05, 3.63) is 24.3 Å². The number of carbonyl (C=O) groups excluding carboxylic acids is 1. The largest absolute Gasteiger partial charge is 0.481 e. The van der Waals surface area contributed by atoms with E-state index in [1.165, 1.54) is 11.8 Å². The number of primary amides is 1. The Labute approximate surface area is 120 Å². The van der Waals surface area contributed by atoms with Gasteiger partial charge in [-0.1, -0.05) is 23.9 Å². The molecule has 0 aliphatic rings. The Hall–Kier alpha value is -2.02. The third kappa shape index (κ3) is 3.51. The number of benzene rings is 1. The molecule has 0 fully saturated rings. The van der Waals surface area contributed by atoms with Crippen molar-refractivity contribution in [1.82, 2.24) is 9.55 Å². The molecule has 0 bridgehead atoms. The van der Waals surface area contributed by atoms with E-state index in [0.717, 1.165) is 11.0 Å². The number of carboxylic acid groups (broad SMARTS) is 1. The number of rotatable bonds is 7. The van der Waals surface area contributed by atoms with Crippen molar-refractivity contribution in [3.63, 3.8) is 0 Å². The number of amides is 1. The highest BCUT2D eigenvalue weighted by Gasteiger charge is 2.12. The number of thioether (sulfide) groups is 1. The van der Waals surface area contributed by atoms with Gasteiger partial charge in [0, 0.05) is 13.0 Å². The van der Waals surface area contributed by atoms with Gasteiger partial charge >= 0.3 is 5.97 Å². The summed E-state index contributed by atoms with van der Waals surface area (Å²) in [5, 5.41) is 9.42. The molecule has 0 saturated carbocycles. The number of nitrogens with two attached hydrogens (primary N) is 1. The van der Waals surface area contributed by atoms with Gasteiger partial charge in [-0.15, -0.1) is 0 Å². The van der Waals surface area contributed by atoms with Crippen LogP contribution in [0.2, 0.25) is 0 Å². The van der Waals surface area contributed by atoms with Crippen molar-refractivity contribution in [3.8, 4) is 0 Å². The van der Waals surface area contributed by atoms with Crippen LogP contribution in [0.1, 0.15) is 12.8 Å². The first-order chi connectivity index (χ1) is 9.58. The van der Waals surface area contributed by atoms with E-state index >= 15 is 0 Å². The van der Waals surface area contributed by atoms with Crippen molar-refractivity contribution < 1.29 is 14.7 Å². The number of aliphatic carboxylic acids is 1. The fourth-order valence-electron chi connectivity index (χ4n) is 1.92. The summed E-state index contributed by atoms with van der Waals surface area (Å²) in [6.45, 7) is 0.589. The topological polar surface area (TPSA) is 98.2 Å². The van der Waals surface area contributed by atoms with Crippen molar-refractivity contribution in [1.29, 1.82) is 0 Å². The number of carbonyl (C=O) groups is 2. The standard InChI is InChI=1S/C13H15N3O3S/c14-11(17)6-3-7-16-10-5-2-1-4-9(10)15-13(16)20-8-12(18)19/h1-2,4-5H,3,6-8H2,(H2,14,17)(H,18,19). The summed E-state index contributed by atoms with van der Waals surface area (Å²) < 4.78 is 1.94. The minimum Gasteiger partial charge on any atom is -0.481 e. The van der Waals surface area contributed by atoms with Gasteiger partial charge in [0.05, 0.1) is 16.8 Å². The Kier molecular flexibility index (Phi) is 4.62. The van der Waals surface area contributed by atoms with Crippen LogP contribution in [0.5, 0.6) is 0 Å². The molecule has 7 heteroatoms. The van der Waals surface area contributed by atoms with E-state index in [-0.39, 0.29) is 11.7 Å². The lowest BCUT2D eigenvalue weighted by atomic mass is 10.3. The quantitative estimate of drug-likeness (QED) is 0.753. The Morgan fingerprint density at radius 1 is 1.35 bits per heavy atom. The van der Waals surface area contributed by atoms with Gasteiger partial charge in [0.15, 0.2) is 5.16 Å². The molecule has 6 nitrogen and oxygen atoms in total. The van der Waals surface area contributed by atoms with Gasteiger partial charge in [0.25, 0.3) is 0 Å². The fourth-order valence-corrected chi connectivity index (χ4v) is 2.68. The van der Waals surface area contributed by atoms with Crippen molar-refractivity contribution in [2.24, 2.45) is 5.73 Å². The molecule has 3 N–H and O–H groups in total. The van der Waals surface area contributed by atoms with E-state index in [1.54, 1.807) is 0 Å². The molecular weight excluding hydrogens is 278 g/mol. The van der Waals surface area contributed by atoms with Gasteiger partial charge in [-0.05, 0) is 18.6 Å². The number of hydrogen-bond acceptors (Lipinski definition) is 4. The Balaban J connectivity index is 2.24. The normalized spacial score (nSPS) is 10.8. The van der Waals surface area contributed by atoms with E-state index in [0.29, 0.717) is 24.5 Å². The number of aryl methyl sites for hydroxylation is 1. The van der Waals surface area contributed by atoms with Gasteiger partial charge in [0.2, 0.25) is 5.91 Å². The predicted molar refractivity (Wildman–Crippen MR) is 76.5 cm³/mol.